The van der Waals surface area contributed by atoms with Gasteiger partial charge >= 0.3 is 5.97 Å². The van der Waals surface area contributed by atoms with Crippen LogP contribution in [0.4, 0.5) is 0 Å². The minimum absolute atomic E-state index is 0.273. The van der Waals surface area contributed by atoms with Crippen molar-refractivity contribution in [1.82, 2.24) is 4.98 Å². The third-order valence-electron chi connectivity index (χ3n) is 1.62. The number of thiol groups is 1. The quantitative estimate of drug-likeness (QED) is 0.468. The molecule has 15 heavy (non-hydrogen) atoms. The van der Waals surface area contributed by atoms with Gasteiger partial charge in [0, 0.05) is 23.9 Å². The number of pyridine rings is 1. The van der Waals surface area contributed by atoms with E-state index in [1.165, 1.54) is 13.3 Å². The van der Waals surface area contributed by atoms with E-state index in [-0.39, 0.29) is 5.69 Å². The van der Waals surface area contributed by atoms with Crippen LogP contribution in [0.2, 0.25) is 0 Å². The van der Waals surface area contributed by atoms with Gasteiger partial charge in [-0.3, -0.25) is 0 Å². The number of carbonyl (C=O) groups excluding carboxylic acids is 1. The lowest BCUT2D eigenvalue weighted by atomic mass is 10.2. The van der Waals surface area contributed by atoms with Crippen molar-refractivity contribution < 1.29 is 9.53 Å². The van der Waals surface area contributed by atoms with Crippen LogP contribution >= 0.6 is 12.6 Å². The summed E-state index contributed by atoms with van der Waals surface area (Å²) in [6.07, 6.45) is 2.26. The van der Waals surface area contributed by atoms with Crippen LogP contribution in [0.3, 0.4) is 0 Å². The largest absolute Gasteiger partial charge is 0.464 e. The van der Waals surface area contributed by atoms with Crippen molar-refractivity contribution in [2.24, 2.45) is 0 Å². The normalized spacial score (nSPS) is 8.93. The lowest BCUT2D eigenvalue weighted by Crippen LogP contribution is -2.03. The summed E-state index contributed by atoms with van der Waals surface area (Å²) in [6, 6.07) is 3.36. The van der Waals surface area contributed by atoms with Gasteiger partial charge < -0.3 is 4.74 Å². The van der Waals surface area contributed by atoms with E-state index in [1.807, 2.05) is 0 Å². The Morgan fingerprint density at radius 2 is 2.47 bits per heavy atom. The lowest BCUT2D eigenvalue weighted by Gasteiger charge is -1.97. The van der Waals surface area contributed by atoms with E-state index in [9.17, 15) is 4.79 Å². The summed E-state index contributed by atoms with van der Waals surface area (Å²) < 4.78 is 4.56. The van der Waals surface area contributed by atoms with E-state index in [4.69, 9.17) is 0 Å². The van der Waals surface area contributed by atoms with Crippen molar-refractivity contribution >= 4 is 18.6 Å². The molecule has 0 amide bonds. The number of ether oxygens (including phenoxy) is 1. The highest BCUT2D eigenvalue weighted by atomic mass is 32.1. The second kappa shape index (κ2) is 6.10. The molecule has 0 bridgehead atoms. The molecule has 78 valence electrons. The fraction of sp³-hybridized carbons (Fsp3) is 0.273. The van der Waals surface area contributed by atoms with Gasteiger partial charge in [-0.25, -0.2) is 9.78 Å². The van der Waals surface area contributed by atoms with E-state index >= 15 is 0 Å². The Morgan fingerprint density at radius 1 is 1.67 bits per heavy atom. The van der Waals surface area contributed by atoms with Crippen LogP contribution in [0.1, 0.15) is 22.5 Å². The maximum Gasteiger partial charge on any atom is 0.356 e. The van der Waals surface area contributed by atoms with Gasteiger partial charge in [-0.2, -0.15) is 12.6 Å². The molecule has 3 nitrogen and oxygen atoms in total. The van der Waals surface area contributed by atoms with E-state index < -0.39 is 5.97 Å². The summed E-state index contributed by atoms with van der Waals surface area (Å²) in [5, 5.41) is 0. The van der Waals surface area contributed by atoms with Gasteiger partial charge in [0.05, 0.1) is 7.11 Å². The van der Waals surface area contributed by atoms with Gasteiger partial charge in [-0.05, 0) is 12.1 Å². The zero-order valence-electron chi connectivity index (χ0n) is 8.36. The average Bonchev–Trinajstić information content (AvgIpc) is 2.29. The molecule has 0 unspecified atom stereocenters. The molecule has 0 atom stereocenters. The van der Waals surface area contributed by atoms with Gasteiger partial charge in [-0.15, -0.1) is 0 Å². The second-order valence-corrected chi connectivity index (χ2v) is 3.14. The summed E-state index contributed by atoms with van der Waals surface area (Å²) >= 11 is 4.05. The molecule has 0 aliphatic carbocycles. The van der Waals surface area contributed by atoms with Gasteiger partial charge in [0.2, 0.25) is 0 Å². The molecule has 0 N–H and O–H groups in total. The van der Waals surface area contributed by atoms with Crippen molar-refractivity contribution in [2.75, 3.05) is 12.9 Å². The number of nitrogens with zero attached hydrogens (tertiary/aromatic N) is 1. The predicted octanol–water partition coefficient (Wildman–Crippen LogP) is 1.54. The van der Waals surface area contributed by atoms with Crippen LogP contribution in [0.5, 0.6) is 0 Å². The Hall–Kier alpha value is -1.47. The first kappa shape index (κ1) is 11.6. The van der Waals surface area contributed by atoms with Crippen LogP contribution in [-0.2, 0) is 4.74 Å². The first-order chi connectivity index (χ1) is 7.27. The summed E-state index contributed by atoms with van der Waals surface area (Å²) in [5.74, 6) is 6.12. The van der Waals surface area contributed by atoms with Crippen molar-refractivity contribution in [2.45, 2.75) is 6.42 Å². The van der Waals surface area contributed by atoms with Gasteiger partial charge in [0.15, 0.2) is 0 Å². The molecule has 0 aromatic carbocycles. The Kier molecular flexibility index (Phi) is 4.72. The molecule has 0 aliphatic heterocycles. The SMILES string of the molecule is COC(=O)c1cc(C#CCCS)ccn1. The molecule has 0 spiro atoms. The molecular formula is C11H11NO2S. The first-order valence-corrected chi connectivity index (χ1v) is 5.05. The Labute approximate surface area is 94.3 Å². The number of hydrogen-bond acceptors (Lipinski definition) is 4. The smallest absolute Gasteiger partial charge is 0.356 e. The number of hydrogen-bond donors (Lipinski definition) is 1. The highest BCUT2D eigenvalue weighted by Gasteiger charge is 2.05. The van der Waals surface area contributed by atoms with E-state index in [1.54, 1.807) is 12.1 Å². The van der Waals surface area contributed by atoms with Crippen LogP contribution < -0.4 is 0 Å². The zero-order chi connectivity index (χ0) is 11.1. The maximum atomic E-state index is 11.2. The van der Waals surface area contributed by atoms with Crippen LogP contribution in [0.15, 0.2) is 18.3 Å². The monoisotopic (exact) mass is 221 g/mol. The summed E-state index contributed by atoms with van der Waals surface area (Å²) in [5.41, 5.74) is 1.03. The molecule has 0 saturated heterocycles. The Balaban J connectivity index is 2.84. The fourth-order valence-corrected chi connectivity index (χ4v) is 1.06. The van der Waals surface area contributed by atoms with Crippen molar-refractivity contribution in [1.29, 1.82) is 0 Å². The number of esters is 1. The standard InChI is InChI=1S/C11H11NO2S/c1-14-11(13)10-8-9(5-6-12-10)4-2-3-7-15/h5-6,8,15H,3,7H2,1H3. The minimum atomic E-state index is -0.451. The number of aromatic nitrogens is 1. The number of methoxy groups -OCH3 is 1. The Morgan fingerprint density at radius 3 is 3.13 bits per heavy atom. The number of carbonyl (C=O) groups is 1. The lowest BCUT2D eigenvalue weighted by molar-refractivity contribution is 0.0594. The topological polar surface area (TPSA) is 39.2 Å². The molecular weight excluding hydrogens is 210 g/mol. The second-order valence-electron chi connectivity index (χ2n) is 2.70. The first-order valence-electron chi connectivity index (χ1n) is 4.42. The van der Waals surface area contributed by atoms with Crippen LogP contribution in [0, 0.1) is 11.8 Å². The third-order valence-corrected chi connectivity index (χ3v) is 1.85. The van der Waals surface area contributed by atoms with Crippen molar-refractivity contribution in [3.05, 3.63) is 29.6 Å². The summed E-state index contributed by atoms with van der Waals surface area (Å²) in [7, 11) is 1.32. The Bertz CT molecular complexity index is 407. The van der Waals surface area contributed by atoms with E-state index in [0.717, 1.165) is 17.7 Å². The molecule has 0 saturated carbocycles. The van der Waals surface area contributed by atoms with Gasteiger partial charge in [0.1, 0.15) is 5.69 Å². The van der Waals surface area contributed by atoms with Crippen LogP contribution in [-0.4, -0.2) is 23.8 Å². The van der Waals surface area contributed by atoms with E-state index in [2.05, 4.69) is 34.2 Å². The van der Waals surface area contributed by atoms with E-state index in [0.29, 0.717) is 0 Å². The molecule has 1 aromatic rings. The van der Waals surface area contributed by atoms with Crippen molar-refractivity contribution in [3.63, 3.8) is 0 Å². The molecule has 0 radical (unpaired) electrons. The highest BCUT2D eigenvalue weighted by molar-refractivity contribution is 7.80. The molecule has 1 aromatic heterocycles. The minimum Gasteiger partial charge on any atom is -0.464 e. The average molecular weight is 221 g/mol. The highest BCUT2D eigenvalue weighted by Crippen LogP contribution is 2.01. The molecule has 0 fully saturated rings. The number of rotatable bonds is 2. The molecule has 1 heterocycles. The molecule has 4 heteroatoms. The molecule has 0 aliphatic rings. The van der Waals surface area contributed by atoms with Crippen LogP contribution in [0.25, 0.3) is 0 Å². The molecule has 1 rings (SSSR count). The van der Waals surface area contributed by atoms with Crippen molar-refractivity contribution in [3.8, 4) is 11.8 Å². The van der Waals surface area contributed by atoms with Gasteiger partial charge in [0.25, 0.3) is 0 Å². The maximum absolute atomic E-state index is 11.2. The zero-order valence-corrected chi connectivity index (χ0v) is 9.25. The summed E-state index contributed by atoms with van der Waals surface area (Å²) in [4.78, 5) is 15.0. The summed E-state index contributed by atoms with van der Waals surface area (Å²) in [6.45, 7) is 0. The predicted molar refractivity (Wildman–Crippen MR) is 60.9 cm³/mol. The fourth-order valence-electron chi connectivity index (χ4n) is 0.945. The van der Waals surface area contributed by atoms with Gasteiger partial charge in [-0.1, -0.05) is 11.8 Å². The third kappa shape index (κ3) is 3.64.